The molecular weight excluding hydrogens is 216 g/mol. The van der Waals surface area contributed by atoms with Gasteiger partial charge in [0.05, 0.1) is 0 Å². The van der Waals surface area contributed by atoms with E-state index < -0.39 is 0 Å². The molecule has 0 N–H and O–H groups in total. The van der Waals surface area contributed by atoms with Crippen molar-refractivity contribution >= 4 is 10.8 Å². The molecule has 0 saturated heterocycles. The number of unbranched alkanes of at least 4 members (excludes halogenated alkanes) is 2. The first-order chi connectivity index (χ1) is 8.83. The summed E-state index contributed by atoms with van der Waals surface area (Å²) < 4.78 is 0. The fraction of sp³-hybridized carbons (Fsp3) is 0.333. The van der Waals surface area contributed by atoms with Crippen molar-refractivity contribution < 1.29 is 0 Å². The van der Waals surface area contributed by atoms with Gasteiger partial charge >= 0.3 is 0 Å². The maximum atomic E-state index is 3.78. The third-order valence-corrected chi connectivity index (χ3v) is 3.65. The second kappa shape index (κ2) is 6.39. The van der Waals surface area contributed by atoms with Gasteiger partial charge in [-0.1, -0.05) is 61.9 Å². The molecule has 0 heteroatoms. The van der Waals surface area contributed by atoms with Gasteiger partial charge in [0.1, 0.15) is 0 Å². The summed E-state index contributed by atoms with van der Waals surface area (Å²) in [6, 6.07) is 15.3. The van der Waals surface area contributed by atoms with Crippen molar-refractivity contribution in [2.24, 2.45) is 0 Å². The Morgan fingerprint density at radius 3 is 2.67 bits per heavy atom. The highest BCUT2D eigenvalue weighted by Crippen LogP contribution is 2.28. The first-order valence-electron chi connectivity index (χ1n) is 6.91. The Hall–Kier alpha value is -1.56. The summed E-state index contributed by atoms with van der Waals surface area (Å²) in [6.45, 7) is 6.12. The van der Waals surface area contributed by atoms with Gasteiger partial charge in [-0.05, 0) is 41.5 Å². The number of allylic oxidation sites excluding steroid dienone is 1. The number of hydrogen-bond donors (Lipinski definition) is 0. The highest BCUT2D eigenvalue weighted by atomic mass is 14.1. The van der Waals surface area contributed by atoms with Crippen LogP contribution < -0.4 is 0 Å². The zero-order valence-electron chi connectivity index (χ0n) is 11.2. The molecule has 1 atom stereocenters. The maximum absolute atomic E-state index is 3.78. The molecule has 2 aromatic rings. The van der Waals surface area contributed by atoms with E-state index in [0.29, 0.717) is 5.92 Å². The van der Waals surface area contributed by atoms with Crippen molar-refractivity contribution in [1.82, 2.24) is 0 Å². The quantitative estimate of drug-likeness (QED) is 0.448. The van der Waals surface area contributed by atoms with Crippen molar-refractivity contribution in [3.8, 4) is 0 Å². The highest BCUT2D eigenvalue weighted by molar-refractivity contribution is 5.86. The normalized spacial score (nSPS) is 12.5. The van der Waals surface area contributed by atoms with E-state index in [-0.39, 0.29) is 0 Å². The van der Waals surface area contributed by atoms with Gasteiger partial charge in [-0.15, -0.1) is 6.58 Å². The van der Waals surface area contributed by atoms with Gasteiger partial charge in [-0.2, -0.15) is 0 Å². The van der Waals surface area contributed by atoms with Crippen LogP contribution in [0.1, 0.15) is 44.1 Å². The lowest BCUT2D eigenvalue weighted by Gasteiger charge is -2.14. The van der Waals surface area contributed by atoms with E-state index in [0.717, 1.165) is 6.42 Å². The first-order valence-corrected chi connectivity index (χ1v) is 6.91. The molecule has 0 fully saturated rings. The predicted octanol–water partition coefficient (Wildman–Crippen LogP) is 5.69. The number of benzene rings is 2. The van der Waals surface area contributed by atoms with Crippen LogP contribution in [0, 0.1) is 0 Å². The third-order valence-electron chi connectivity index (χ3n) is 3.65. The number of fused-ring (bicyclic) bond motifs is 1. The molecule has 0 aliphatic heterocycles. The van der Waals surface area contributed by atoms with Crippen molar-refractivity contribution in [3.63, 3.8) is 0 Å². The lowest BCUT2D eigenvalue weighted by Crippen LogP contribution is -1.95. The van der Waals surface area contributed by atoms with Crippen molar-refractivity contribution in [1.29, 1.82) is 0 Å². The largest absolute Gasteiger partial charge is 0.103 e. The molecule has 0 bridgehead atoms. The minimum atomic E-state index is 0.640. The van der Waals surface area contributed by atoms with Crippen molar-refractivity contribution in [3.05, 3.63) is 60.7 Å². The molecule has 0 nitrogen and oxygen atoms in total. The summed E-state index contributed by atoms with van der Waals surface area (Å²) >= 11 is 0. The Morgan fingerprint density at radius 1 is 1.06 bits per heavy atom. The molecule has 18 heavy (non-hydrogen) atoms. The van der Waals surface area contributed by atoms with Gasteiger partial charge in [0.15, 0.2) is 0 Å². The SMILES string of the molecule is C=CCCCCC(C)c1cccc2ccccc12. The van der Waals surface area contributed by atoms with Gasteiger partial charge in [0, 0.05) is 0 Å². The summed E-state index contributed by atoms with van der Waals surface area (Å²) in [5.41, 5.74) is 1.49. The van der Waals surface area contributed by atoms with Crippen LogP contribution in [0.15, 0.2) is 55.1 Å². The van der Waals surface area contributed by atoms with Crippen LogP contribution in [0.2, 0.25) is 0 Å². The monoisotopic (exact) mass is 238 g/mol. The molecule has 0 saturated carbocycles. The molecular formula is C18H22. The summed E-state index contributed by atoms with van der Waals surface area (Å²) in [5, 5.41) is 2.77. The van der Waals surface area contributed by atoms with Gasteiger partial charge < -0.3 is 0 Å². The Morgan fingerprint density at radius 2 is 1.83 bits per heavy atom. The maximum Gasteiger partial charge on any atom is -0.0149 e. The van der Waals surface area contributed by atoms with Crippen molar-refractivity contribution in [2.75, 3.05) is 0 Å². The number of rotatable bonds is 6. The third kappa shape index (κ3) is 3.01. The molecule has 2 rings (SSSR count). The van der Waals surface area contributed by atoms with Gasteiger partial charge in [0.25, 0.3) is 0 Å². The number of hydrogen-bond acceptors (Lipinski definition) is 0. The predicted molar refractivity (Wildman–Crippen MR) is 81.0 cm³/mol. The fourth-order valence-electron chi connectivity index (χ4n) is 2.57. The van der Waals surface area contributed by atoms with Crippen LogP contribution in [0.5, 0.6) is 0 Å². The standard InChI is InChI=1S/C18H22/c1-3-4-5-6-10-15(2)17-14-9-12-16-11-7-8-13-18(16)17/h3,7-9,11-15H,1,4-6,10H2,2H3. The zero-order chi connectivity index (χ0) is 12.8. The molecule has 1 unspecified atom stereocenters. The summed E-state index contributed by atoms with van der Waals surface area (Å²) in [6.07, 6.45) is 6.97. The average molecular weight is 238 g/mol. The van der Waals surface area contributed by atoms with Crippen molar-refractivity contribution in [2.45, 2.75) is 38.5 Å². The lowest BCUT2D eigenvalue weighted by molar-refractivity contribution is 0.611. The topological polar surface area (TPSA) is 0 Å². The Balaban J connectivity index is 2.12. The minimum absolute atomic E-state index is 0.640. The molecule has 94 valence electrons. The minimum Gasteiger partial charge on any atom is -0.103 e. The van der Waals surface area contributed by atoms with E-state index in [1.165, 1.54) is 35.6 Å². The second-order valence-corrected chi connectivity index (χ2v) is 5.04. The highest BCUT2D eigenvalue weighted by Gasteiger charge is 2.08. The van der Waals surface area contributed by atoms with E-state index in [9.17, 15) is 0 Å². The van der Waals surface area contributed by atoms with Gasteiger partial charge in [0.2, 0.25) is 0 Å². The second-order valence-electron chi connectivity index (χ2n) is 5.04. The summed E-state index contributed by atoms with van der Waals surface area (Å²) in [4.78, 5) is 0. The molecule has 0 heterocycles. The van der Waals surface area contributed by atoms with Crippen LogP contribution >= 0.6 is 0 Å². The first kappa shape index (κ1) is 12.9. The molecule has 0 radical (unpaired) electrons. The van der Waals surface area contributed by atoms with E-state index in [1.807, 2.05) is 6.08 Å². The van der Waals surface area contributed by atoms with E-state index >= 15 is 0 Å². The van der Waals surface area contributed by atoms with E-state index in [2.05, 4.69) is 56.0 Å². The summed E-state index contributed by atoms with van der Waals surface area (Å²) in [5.74, 6) is 0.640. The smallest absolute Gasteiger partial charge is 0.0149 e. The van der Waals surface area contributed by atoms with Crippen LogP contribution in [-0.2, 0) is 0 Å². The van der Waals surface area contributed by atoms with Crippen LogP contribution in [0.25, 0.3) is 10.8 Å². The van der Waals surface area contributed by atoms with E-state index in [1.54, 1.807) is 0 Å². The average Bonchev–Trinajstić information content (AvgIpc) is 2.43. The Labute approximate surface area is 110 Å². The molecule has 0 aliphatic carbocycles. The van der Waals surface area contributed by atoms with Crippen LogP contribution in [0.4, 0.5) is 0 Å². The van der Waals surface area contributed by atoms with Gasteiger partial charge in [-0.25, -0.2) is 0 Å². The molecule has 2 aromatic carbocycles. The molecule has 0 spiro atoms. The zero-order valence-corrected chi connectivity index (χ0v) is 11.2. The molecule has 0 amide bonds. The molecule has 0 aromatic heterocycles. The van der Waals surface area contributed by atoms with Crippen LogP contribution in [-0.4, -0.2) is 0 Å². The van der Waals surface area contributed by atoms with Gasteiger partial charge in [-0.3, -0.25) is 0 Å². The Kier molecular flexibility index (Phi) is 4.58. The van der Waals surface area contributed by atoms with E-state index in [4.69, 9.17) is 0 Å². The molecule has 0 aliphatic rings. The summed E-state index contributed by atoms with van der Waals surface area (Å²) in [7, 11) is 0. The lowest BCUT2D eigenvalue weighted by atomic mass is 9.91. The fourth-order valence-corrected chi connectivity index (χ4v) is 2.57. The van der Waals surface area contributed by atoms with Crippen LogP contribution in [0.3, 0.4) is 0 Å². The Bertz CT molecular complexity index is 505.